The van der Waals surface area contributed by atoms with E-state index in [1.807, 2.05) is 0 Å². The first-order valence-corrected chi connectivity index (χ1v) is 9.58. The molecular formula is C20H29N3O4. The summed E-state index contributed by atoms with van der Waals surface area (Å²) < 4.78 is 10.6. The number of carbonyl (C=O) groups excluding carboxylic acids is 2. The number of carbonyl (C=O) groups is 2. The normalized spacial score (nSPS) is 20.1. The van der Waals surface area contributed by atoms with Crippen LogP contribution in [0, 0.1) is 0 Å². The zero-order valence-electron chi connectivity index (χ0n) is 16.2. The maximum Gasteiger partial charge on any atom is 0.257 e. The van der Waals surface area contributed by atoms with Crippen molar-refractivity contribution in [2.75, 3.05) is 40.4 Å². The molecule has 0 unspecified atom stereocenters. The summed E-state index contributed by atoms with van der Waals surface area (Å²) in [5.74, 6) is 0.770. The van der Waals surface area contributed by atoms with Gasteiger partial charge in [0.05, 0.1) is 19.8 Å². The summed E-state index contributed by atoms with van der Waals surface area (Å²) in [5.41, 5.74) is 5.70. The van der Waals surface area contributed by atoms with Gasteiger partial charge in [-0.2, -0.15) is 0 Å². The van der Waals surface area contributed by atoms with E-state index in [4.69, 9.17) is 15.2 Å². The van der Waals surface area contributed by atoms with Gasteiger partial charge in [-0.05, 0) is 50.9 Å². The second-order valence-electron chi connectivity index (χ2n) is 7.30. The van der Waals surface area contributed by atoms with E-state index in [1.54, 1.807) is 30.2 Å². The van der Waals surface area contributed by atoms with Crippen LogP contribution in [0.5, 0.6) is 11.5 Å². The van der Waals surface area contributed by atoms with Crippen molar-refractivity contribution in [3.8, 4) is 11.5 Å². The first-order chi connectivity index (χ1) is 13.0. The molecule has 0 atom stereocenters. The van der Waals surface area contributed by atoms with Crippen molar-refractivity contribution in [3.05, 3.63) is 23.8 Å². The molecule has 7 nitrogen and oxygen atoms in total. The van der Waals surface area contributed by atoms with Crippen LogP contribution >= 0.6 is 0 Å². The largest absolute Gasteiger partial charge is 0.497 e. The first-order valence-electron chi connectivity index (χ1n) is 9.58. The van der Waals surface area contributed by atoms with Gasteiger partial charge in [-0.3, -0.25) is 14.5 Å². The Balaban J connectivity index is 1.74. The number of hydrogen-bond acceptors (Lipinski definition) is 5. The molecule has 0 bridgehead atoms. The van der Waals surface area contributed by atoms with E-state index < -0.39 is 5.54 Å². The Morgan fingerprint density at radius 3 is 2.22 bits per heavy atom. The molecular weight excluding hydrogens is 346 g/mol. The van der Waals surface area contributed by atoms with Crippen LogP contribution in [0.15, 0.2) is 18.2 Å². The average Bonchev–Trinajstić information content (AvgIpc) is 2.73. The van der Waals surface area contributed by atoms with E-state index in [9.17, 15) is 9.59 Å². The van der Waals surface area contributed by atoms with Crippen molar-refractivity contribution in [2.24, 2.45) is 5.73 Å². The Hall–Kier alpha value is -2.28. The highest BCUT2D eigenvalue weighted by molar-refractivity contribution is 5.97. The molecule has 2 saturated heterocycles. The number of nitrogens with two attached hydrogens (primary N) is 1. The van der Waals surface area contributed by atoms with Crippen LogP contribution in [0.1, 0.15) is 42.5 Å². The minimum Gasteiger partial charge on any atom is -0.497 e. The summed E-state index contributed by atoms with van der Waals surface area (Å²) in [7, 11) is 3.11. The Labute approximate surface area is 160 Å². The van der Waals surface area contributed by atoms with Crippen LogP contribution in [0.25, 0.3) is 0 Å². The molecule has 0 radical (unpaired) electrons. The third-order valence-electron chi connectivity index (χ3n) is 5.94. The monoisotopic (exact) mass is 375 g/mol. The molecule has 27 heavy (non-hydrogen) atoms. The lowest BCUT2D eigenvalue weighted by Gasteiger charge is -2.48. The minimum atomic E-state index is -0.624. The molecule has 2 N–H and O–H groups in total. The van der Waals surface area contributed by atoms with Crippen molar-refractivity contribution in [1.82, 2.24) is 9.80 Å². The van der Waals surface area contributed by atoms with Crippen LogP contribution in [-0.2, 0) is 4.79 Å². The Morgan fingerprint density at radius 1 is 1.00 bits per heavy atom. The zero-order chi connectivity index (χ0) is 19.4. The predicted molar refractivity (Wildman–Crippen MR) is 102 cm³/mol. The van der Waals surface area contributed by atoms with Gasteiger partial charge in [0.25, 0.3) is 5.91 Å². The van der Waals surface area contributed by atoms with Crippen molar-refractivity contribution in [1.29, 1.82) is 0 Å². The van der Waals surface area contributed by atoms with Crippen LogP contribution in [0.4, 0.5) is 0 Å². The highest BCUT2D eigenvalue weighted by Crippen LogP contribution is 2.33. The summed E-state index contributed by atoms with van der Waals surface area (Å²) in [6.07, 6.45) is 4.55. The number of hydrogen-bond donors (Lipinski definition) is 1. The van der Waals surface area contributed by atoms with Crippen LogP contribution in [0.3, 0.4) is 0 Å². The standard InChI is InChI=1S/C20H29N3O4/c1-26-15-6-7-16(17(14-15)27-2)18(24)22-12-8-20(9-13-22,19(21)25)23-10-4-3-5-11-23/h6-7,14H,3-5,8-13H2,1-2H3,(H2,21,25). The molecule has 2 aliphatic rings. The maximum absolute atomic E-state index is 13.0. The number of benzene rings is 1. The van der Waals surface area contributed by atoms with E-state index >= 15 is 0 Å². The van der Waals surface area contributed by atoms with Crippen LogP contribution < -0.4 is 15.2 Å². The SMILES string of the molecule is COc1ccc(C(=O)N2CCC(C(N)=O)(N3CCCCC3)CC2)c(OC)c1. The molecule has 148 valence electrons. The number of ether oxygens (including phenoxy) is 2. The molecule has 2 amide bonds. The highest BCUT2D eigenvalue weighted by Gasteiger charge is 2.46. The summed E-state index contributed by atoms with van der Waals surface area (Å²) in [4.78, 5) is 29.4. The molecule has 2 heterocycles. The summed E-state index contributed by atoms with van der Waals surface area (Å²) in [5, 5.41) is 0. The Morgan fingerprint density at radius 2 is 1.67 bits per heavy atom. The third kappa shape index (κ3) is 3.74. The highest BCUT2D eigenvalue weighted by atomic mass is 16.5. The fourth-order valence-corrected chi connectivity index (χ4v) is 4.27. The average molecular weight is 375 g/mol. The number of methoxy groups -OCH3 is 2. The van der Waals surface area contributed by atoms with Gasteiger partial charge in [-0.1, -0.05) is 6.42 Å². The molecule has 2 aliphatic heterocycles. The lowest BCUT2D eigenvalue weighted by atomic mass is 9.83. The van der Waals surface area contributed by atoms with Gasteiger partial charge in [-0.25, -0.2) is 0 Å². The summed E-state index contributed by atoms with van der Waals surface area (Å²) in [6, 6.07) is 5.18. The fraction of sp³-hybridized carbons (Fsp3) is 0.600. The van der Waals surface area contributed by atoms with Gasteiger partial charge >= 0.3 is 0 Å². The second-order valence-corrected chi connectivity index (χ2v) is 7.30. The van der Waals surface area contributed by atoms with E-state index in [0.29, 0.717) is 43.0 Å². The third-order valence-corrected chi connectivity index (χ3v) is 5.94. The van der Waals surface area contributed by atoms with Crippen molar-refractivity contribution in [2.45, 2.75) is 37.6 Å². The lowest BCUT2D eigenvalue weighted by molar-refractivity contribution is -0.134. The van der Waals surface area contributed by atoms with Gasteiger partial charge in [0, 0.05) is 19.2 Å². The second kappa shape index (κ2) is 8.17. The number of amides is 2. The van der Waals surface area contributed by atoms with E-state index in [1.165, 1.54) is 13.5 Å². The number of likely N-dealkylation sites (tertiary alicyclic amines) is 2. The molecule has 1 aromatic rings. The van der Waals surface area contributed by atoms with Crippen LogP contribution in [0.2, 0.25) is 0 Å². The van der Waals surface area contributed by atoms with Gasteiger partial charge < -0.3 is 20.1 Å². The van der Waals surface area contributed by atoms with E-state index in [-0.39, 0.29) is 11.8 Å². The fourth-order valence-electron chi connectivity index (χ4n) is 4.27. The summed E-state index contributed by atoms with van der Waals surface area (Å²) >= 11 is 0. The quantitative estimate of drug-likeness (QED) is 0.846. The topological polar surface area (TPSA) is 85.1 Å². The molecule has 1 aromatic carbocycles. The van der Waals surface area contributed by atoms with E-state index in [0.717, 1.165) is 25.9 Å². The van der Waals surface area contributed by atoms with Gasteiger partial charge in [0.15, 0.2) is 0 Å². The Kier molecular flexibility index (Phi) is 5.89. The van der Waals surface area contributed by atoms with Gasteiger partial charge in [0.2, 0.25) is 5.91 Å². The molecule has 3 rings (SSSR count). The number of nitrogens with zero attached hydrogens (tertiary/aromatic N) is 2. The summed E-state index contributed by atoms with van der Waals surface area (Å²) in [6.45, 7) is 2.83. The molecule has 0 aromatic heterocycles. The molecule has 0 spiro atoms. The van der Waals surface area contributed by atoms with E-state index in [2.05, 4.69) is 4.90 Å². The van der Waals surface area contributed by atoms with Crippen molar-refractivity contribution >= 4 is 11.8 Å². The van der Waals surface area contributed by atoms with Gasteiger partial charge in [-0.15, -0.1) is 0 Å². The predicted octanol–water partition coefficient (Wildman–Crippen LogP) is 1.65. The van der Waals surface area contributed by atoms with Crippen molar-refractivity contribution < 1.29 is 19.1 Å². The minimum absolute atomic E-state index is 0.0915. The maximum atomic E-state index is 13.0. The van der Waals surface area contributed by atoms with Crippen LogP contribution in [-0.4, -0.2) is 67.6 Å². The molecule has 0 saturated carbocycles. The lowest BCUT2D eigenvalue weighted by Crippen LogP contribution is -2.63. The molecule has 2 fully saturated rings. The zero-order valence-corrected chi connectivity index (χ0v) is 16.2. The number of piperidine rings is 2. The first kappa shape index (κ1) is 19.5. The molecule has 0 aliphatic carbocycles. The smallest absolute Gasteiger partial charge is 0.257 e. The number of primary amides is 1. The van der Waals surface area contributed by atoms with Crippen molar-refractivity contribution in [3.63, 3.8) is 0 Å². The Bertz CT molecular complexity index is 692. The molecule has 7 heteroatoms. The number of rotatable bonds is 5. The van der Waals surface area contributed by atoms with Gasteiger partial charge in [0.1, 0.15) is 17.0 Å².